The Morgan fingerprint density at radius 3 is 2.50 bits per heavy atom. The predicted octanol–water partition coefficient (Wildman–Crippen LogP) is 4.67. The normalized spacial score (nSPS) is 14.8. The molecule has 1 heteroatoms. The molecular formula is C17H26O. The summed E-state index contributed by atoms with van der Waals surface area (Å²) in [4.78, 5) is 0. The van der Waals surface area contributed by atoms with Crippen LogP contribution in [-0.4, -0.2) is 11.2 Å². The molecule has 1 aromatic rings. The Bertz CT molecular complexity index is 329. The second kappa shape index (κ2) is 8.93. The highest BCUT2D eigenvalue weighted by molar-refractivity contribution is 5.48. The van der Waals surface area contributed by atoms with Crippen molar-refractivity contribution < 1.29 is 5.11 Å². The molecule has 0 saturated carbocycles. The lowest BCUT2D eigenvalue weighted by atomic mass is 9.97. The third-order valence-electron chi connectivity index (χ3n) is 3.35. The number of rotatable bonds is 8. The van der Waals surface area contributed by atoms with Gasteiger partial charge in [0, 0.05) is 5.92 Å². The summed E-state index contributed by atoms with van der Waals surface area (Å²) in [6.45, 7) is 4.30. The standard InChI is InChI=1S/C17H26O/c1-3-4-5-9-12-17(18)15(2)13-14-16-10-7-6-8-11-16/h6-8,10-11,13-15,17-18H,3-5,9,12H2,1-2H3/b14-13+. The molecule has 0 aliphatic carbocycles. The van der Waals surface area contributed by atoms with Gasteiger partial charge in [0.05, 0.1) is 6.10 Å². The van der Waals surface area contributed by atoms with E-state index in [4.69, 9.17) is 0 Å². The molecule has 1 aromatic carbocycles. The molecule has 2 atom stereocenters. The van der Waals surface area contributed by atoms with Crippen molar-refractivity contribution in [2.24, 2.45) is 5.92 Å². The van der Waals surface area contributed by atoms with Gasteiger partial charge in [-0.15, -0.1) is 0 Å². The first-order valence-electron chi connectivity index (χ1n) is 7.15. The van der Waals surface area contributed by atoms with Crippen molar-refractivity contribution in [2.45, 2.75) is 52.1 Å². The first-order valence-corrected chi connectivity index (χ1v) is 7.15. The Kier molecular flexibility index (Phi) is 7.43. The summed E-state index contributed by atoms with van der Waals surface area (Å²) in [5.41, 5.74) is 1.20. The van der Waals surface area contributed by atoms with E-state index in [-0.39, 0.29) is 12.0 Å². The highest BCUT2D eigenvalue weighted by Crippen LogP contribution is 2.15. The van der Waals surface area contributed by atoms with Crippen molar-refractivity contribution in [3.63, 3.8) is 0 Å². The molecule has 0 amide bonds. The number of hydrogen-bond donors (Lipinski definition) is 1. The molecule has 2 unspecified atom stereocenters. The lowest BCUT2D eigenvalue weighted by molar-refractivity contribution is 0.125. The van der Waals surface area contributed by atoms with Crippen LogP contribution < -0.4 is 0 Å². The van der Waals surface area contributed by atoms with E-state index in [0.717, 1.165) is 12.8 Å². The van der Waals surface area contributed by atoms with E-state index < -0.39 is 0 Å². The van der Waals surface area contributed by atoms with Gasteiger partial charge in [-0.3, -0.25) is 0 Å². The number of benzene rings is 1. The van der Waals surface area contributed by atoms with Gasteiger partial charge in [-0.1, -0.05) is 82.0 Å². The van der Waals surface area contributed by atoms with Crippen LogP contribution in [-0.2, 0) is 0 Å². The number of hydrogen-bond acceptors (Lipinski definition) is 1. The third kappa shape index (κ3) is 6.02. The average Bonchev–Trinajstić information content (AvgIpc) is 2.42. The van der Waals surface area contributed by atoms with Gasteiger partial charge >= 0.3 is 0 Å². The molecule has 0 aromatic heterocycles. The Morgan fingerprint density at radius 2 is 1.83 bits per heavy atom. The van der Waals surface area contributed by atoms with E-state index in [1.165, 1.54) is 24.8 Å². The fourth-order valence-corrected chi connectivity index (χ4v) is 2.00. The number of unbranched alkanes of at least 4 members (excludes halogenated alkanes) is 3. The van der Waals surface area contributed by atoms with Gasteiger partial charge in [-0.2, -0.15) is 0 Å². The lowest BCUT2D eigenvalue weighted by Crippen LogP contribution is -2.15. The summed E-state index contributed by atoms with van der Waals surface area (Å²) in [7, 11) is 0. The van der Waals surface area contributed by atoms with Gasteiger partial charge in [0.1, 0.15) is 0 Å². The number of aliphatic hydroxyl groups is 1. The summed E-state index contributed by atoms with van der Waals surface area (Å²) in [5.74, 6) is 0.229. The summed E-state index contributed by atoms with van der Waals surface area (Å²) < 4.78 is 0. The molecule has 1 rings (SSSR count). The second-order valence-electron chi connectivity index (χ2n) is 5.05. The number of aliphatic hydroxyl groups excluding tert-OH is 1. The molecule has 100 valence electrons. The zero-order valence-electron chi connectivity index (χ0n) is 11.7. The fourth-order valence-electron chi connectivity index (χ4n) is 2.00. The van der Waals surface area contributed by atoms with Gasteiger partial charge in [-0.25, -0.2) is 0 Å². The quantitative estimate of drug-likeness (QED) is 0.661. The van der Waals surface area contributed by atoms with Crippen molar-refractivity contribution in [1.82, 2.24) is 0 Å². The van der Waals surface area contributed by atoms with Crippen molar-refractivity contribution >= 4 is 6.08 Å². The van der Waals surface area contributed by atoms with Crippen LogP contribution in [0.1, 0.15) is 51.5 Å². The van der Waals surface area contributed by atoms with Crippen LogP contribution in [0.15, 0.2) is 36.4 Å². The first-order chi connectivity index (χ1) is 8.74. The van der Waals surface area contributed by atoms with E-state index in [0.29, 0.717) is 0 Å². The predicted molar refractivity (Wildman–Crippen MR) is 79.4 cm³/mol. The van der Waals surface area contributed by atoms with Crippen molar-refractivity contribution in [2.75, 3.05) is 0 Å². The Morgan fingerprint density at radius 1 is 1.11 bits per heavy atom. The van der Waals surface area contributed by atoms with Crippen molar-refractivity contribution in [3.8, 4) is 0 Å². The zero-order chi connectivity index (χ0) is 13.2. The van der Waals surface area contributed by atoms with Crippen LogP contribution in [0.5, 0.6) is 0 Å². The summed E-state index contributed by atoms with van der Waals surface area (Å²) in [5, 5.41) is 10.0. The molecule has 1 nitrogen and oxygen atoms in total. The summed E-state index contributed by atoms with van der Waals surface area (Å²) in [6.07, 6.45) is 9.82. The van der Waals surface area contributed by atoms with E-state index in [1.54, 1.807) is 0 Å². The smallest absolute Gasteiger partial charge is 0.0600 e. The summed E-state index contributed by atoms with van der Waals surface area (Å²) >= 11 is 0. The Labute approximate surface area is 112 Å². The van der Waals surface area contributed by atoms with Crippen LogP contribution in [0.25, 0.3) is 6.08 Å². The van der Waals surface area contributed by atoms with E-state index >= 15 is 0 Å². The van der Waals surface area contributed by atoms with E-state index in [9.17, 15) is 5.11 Å². The lowest BCUT2D eigenvalue weighted by Gasteiger charge is -2.15. The molecule has 0 heterocycles. The van der Waals surface area contributed by atoms with Gasteiger partial charge < -0.3 is 5.11 Å². The molecular weight excluding hydrogens is 220 g/mol. The maximum absolute atomic E-state index is 10.0. The molecule has 0 spiro atoms. The highest BCUT2D eigenvalue weighted by atomic mass is 16.3. The SMILES string of the molecule is CCCCCCC(O)C(C)/C=C/c1ccccc1. The average molecular weight is 246 g/mol. The van der Waals surface area contributed by atoms with E-state index in [2.05, 4.69) is 38.1 Å². The molecule has 0 radical (unpaired) electrons. The molecule has 0 saturated heterocycles. The minimum atomic E-state index is -0.207. The van der Waals surface area contributed by atoms with E-state index in [1.807, 2.05) is 18.2 Å². The molecule has 0 fully saturated rings. The zero-order valence-corrected chi connectivity index (χ0v) is 11.7. The largest absolute Gasteiger partial charge is 0.393 e. The second-order valence-corrected chi connectivity index (χ2v) is 5.05. The molecule has 1 N–H and O–H groups in total. The fraction of sp³-hybridized carbons (Fsp3) is 0.529. The monoisotopic (exact) mass is 246 g/mol. The van der Waals surface area contributed by atoms with Crippen molar-refractivity contribution in [1.29, 1.82) is 0 Å². The maximum Gasteiger partial charge on any atom is 0.0600 e. The maximum atomic E-state index is 10.0. The van der Waals surface area contributed by atoms with Crippen LogP contribution in [0, 0.1) is 5.92 Å². The third-order valence-corrected chi connectivity index (χ3v) is 3.35. The van der Waals surface area contributed by atoms with Crippen LogP contribution >= 0.6 is 0 Å². The van der Waals surface area contributed by atoms with Gasteiger partial charge in [0.15, 0.2) is 0 Å². The minimum Gasteiger partial charge on any atom is -0.393 e. The Balaban J connectivity index is 2.31. The topological polar surface area (TPSA) is 20.2 Å². The van der Waals surface area contributed by atoms with Gasteiger partial charge in [-0.05, 0) is 12.0 Å². The summed E-state index contributed by atoms with van der Waals surface area (Å²) in [6, 6.07) is 10.2. The first kappa shape index (κ1) is 15.0. The highest BCUT2D eigenvalue weighted by Gasteiger charge is 2.10. The Hall–Kier alpha value is -1.08. The molecule has 0 aliphatic heterocycles. The minimum absolute atomic E-state index is 0.207. The molecule has 18 heavy (non-hydrogen) atoms. The van der Waals surface area contributed by atoms with Gasteiger partial charge in [0.2, 0.25) is 0 Å². The van der Waals surface area contributed by atoms with Crippen LogP contribution in [0.2, 0.25) is 0 Å². The molecule has 0 bridgehead atoms. The van der Waals surface area contributed by atoms with Crippen LogP contribution in [0.4, 0.5) is 0 Å². The molecule has 0 aliphatic rings. The van der Waals surface area contributed by atoms with Gasteiger partial charge in [0.25, 0.3) is 0 Å². The van der Waals surface area contributed by atoms with Crippen molar-refractivity contribution in [3.05, 3.63) is 42.0 Å². The van der Waals surface area contributed by atoms with Crippen LogP contribution in [0.3, 0.4) is 0 Å².